The zero-order valence-electron chi connectivity index (χ0n) is 10.2. The molecule has 0 radical (unpaired) electrons. The highest BCUT2D eigenvalue weighted by Crippen LogP contribution is 2.15. The second-order valence-corrected chi connectivity index (χ2v) is 4.91. The number of hydrogen-bond donors (Lipinski definition) is 1. The number of rotatable bonds is 6. The van der Waals surface area contributed by atoms with Crippen molar-refractivity contribution in [2.75, 3.05) is 12.0 Å². The lowest BCUT2D eigenvalue weighted by molar-refractivity contribution is 0.473. The molecule has 1 aromatic carbocycles. The molecular formula is C13H20FNS. The Labute approximate surface area is 102 Å². The van der Waals surface area contributed by atoms with Gasteiger partial charge in [-0.2, -0.15) is 11.8 Å². The van der Waals surface area contributed by atoms with Crippen LogP contribution >= 0.6 is 11.8 Å². The van der Waals surface area contributed by atoms with Crippen LogP contribution in [0.15, 0.2) is 24.3 Å². The summed E-state index contributed by atoms with van der Waals surface area (Å²) in [4.78, 5) is 0. The molecule has 0 aliphatic heterocycles. The van der Waals surface area contributed by atoms with Crippen molar-refractivity contribution in [1.82, 2.24) is 5.32 Å². The van der Waals surface area contributed by atoms with Gasteiger partial charge in [-0.1, -0.05) is 19.1 Å². The highest BCUT2D eigenvalue weighted by atomic mass is 32.2. The molecule has 0 aromatic heterocycles. The molecule has 0 heterocycles. The van der Waals surface area contributed by atoms with Gasteiger partial charge in [0.2, 0.25) is 0 Å². The van der Waals surface area contributed by atoms with Gasteiger partial charge in [-0.05, 0) is 37.3 Å². The third kappa shape index (κ3) is 4.14. The van der Waals surface area contributed by atoms with Gasteiger partial charge in [0.05, 0.1) is 0 Å². The average molecular weight is 241 g/mol. The third-order valence-electron chi connectivity index (χ3n) is 2.70. The second-order valence-electron chi connectivity index (χ2n) is 4.00. The number of hydrogen-bond acceptors (Lipinski definition) is 2. The number of benzene rings is 1. The minimum atomic E-state index is -0.163. The quantitative estimate of drug-likeness (QED) is 0.816. The molecule has 0 aliphatic rings. The molecule has 0 bridgehead atoms. The van der Waals surface area contributed by atoms with Crippen molar-refractivity contribution in [3.05, 3.63) is 35.6 Å². The van der Waals surface area contributed by atoms with E-state index in [-0.39, 0.29) is 11.9 Å². The third-order valence-corrected chi connectivity index (χ3v) is 3.43. The zero-order chi connectivity index (χ0) is 12.0. The zero-order valence-corrected chi connectivity index (χ0v) is 11.0. The van der Waals surface area contributed by atoms with Crippen molar-refractivity contribution >= 4 is 11.8 Å². The SMILES string of the molecule is CCC(CSC)NC(C)c1cccc(F)c1. The summed E-state index contributed by atoms with van der Waals surface area (Å²) in [6.07, 6.45) is 3.21. The van der Waals surface area contributed by atoms with E-state index in [0.29, 0.717) is 6.04 Å². The van der Waals surface area contributed by atoms with E-state index in [1.165, 1.54) is 6.07 Å². The largest absolute Gasteiger partial charge is 0.307 e. The van der Waals surface area contributed by atoms with Gasteiger partial charge in [0.15, 0.2) is 0 Å². The maximum absolute atomic E-state index is 13.1. The molecule has 0 aliphatic carbocycles. The van der Waals surface area contributed by atoms with Gasteiger partial charge in [0, 0.05) is 17.8 Å². The molecule has 0 saturated heterocycles. The molecular weight excluding hydrogens is 221 g/mol. The number of halogens is 1. The topological polar surface area (TPSA) is 12.0 Å². The van der Waals surface area contributed by atoms with Crippen molar-refractivity contribution in [3.8, 4) is 0 Å². The van der Waals surface area contributed by atoms with Crippen LogP contribution in [0.25, 0.3) is 0 Å². The lowest BCUT2D eigenvalue weighted by Crippen LogP contribution is -2.33. The van der Waals surface area contributed by atoms with Crippen LogP contribution in [0.5, 0.6) is 0 Å². The predicted octanol–water partition coefficient (Wildman–Crippen LogP) is 3.62. The van der Waals surface area contributed by atoms with Gasteiger partial charge in [0.25, 0.3) is 0 Å². The van der Waals surface area contributed by atoms with Crippen LogP contribution in [-0.2, 0) is 0 Å². The van der Waals surface area contributed by atoms with Crippen LogP contribution in [0.4, 0.5) is 4.39 Å². The molecule has 0 fully saturated rings. The average Bonchev–Trinajstić information content (AvgIpc) is 2.28. The van der Waals surface area contributed by atoms with Crippen LogP contribution in [0.2, 0.25) is 0 Å². The van der Waals surface area contributed by atoms with Crippen LogP contribution in [0.3, 0.4) is 0 Å². The molecule has 1 N–H and O–H groups in total. The van der Waals surface area contributed by atoms with Gasteiger partial charge in [-0.3, -0.25) is 0 Å². The van der Waals surface area contributed by atoms with E-state index in [1.54, 1.807) is 12.1 Å². The Morgan fingerprint density at radius 3 is 2.75 bits per heavy atom. The molecule has 16 heavy (non-hydrogen) atoms. The molecule has 2 atom stereocenters. The Kier molecular flexibility index (Phi) is 5.85. The maximum Gasteiger partial charge on any atom is 0.123 e. The Morgan fingerprint density at radius 1 is 1.44 bits per heavy atom. The normalized spacial score (nSPS) is 14.8. The Morgan fingerprint density at radius 2 is 2.19 bits per heavy atom. The molecule has 1 nitrogen and oxygen atoms in total. The number of nitrogens with one attached hydrogen (secondary N) is 1. The van der Waals surface area contributed by atoms with E-state index in [0.717, 1.165) is 17.7 Å². The van der Waals surface area contributed by atoms with Gasteiger partial charge in [0.1, 0.15) is 5.82 Å². The predicted molar refractivity (Wildman–Crippen MR) is 70.4 cm³/mol. The summed E-state index contributed by atoms with van der Waals surface area (Å²) in [6, 6.07) is 7.50. The standard InChI is InChI=1S/C13H20FNS/c1-4-13(9-16-3)15-10(2)11-6-5-7-12(14)8-11/h5-8,10,13,15H,4,9H2,1-3H3. The first-order valence-corrected chi connectivity index (χ1v) is 7.07. The Balaban J connectivity index is 2.60. The molecule has 0 saturated carbocycles. The summed E-state index contributed by atoms with van der Waals surface area (Å²) < 4.78 is 13.1. The molecule has 1 rings (SSSR count). The molecule has 3 heteroatoms. The smallest absolute Gasteiger partial charge is 0.123 e. The summed E-state index contributed by atoms with van der Waals surface area (Å²) in [5.41, 5.74) is 1.01. The summed E-state index contributed by atoms with van der Waals surface area (Å²) in [5.74, 6) is 0.931. The molecule has 0 spiro atoms. The molecule has 90 valence electrons. The summed E-state index contributed by atoms with van der Waals surface area (Å²) in [6.45, 7) is 4.25. The van der Waals surface area contributed by atoms with Gasteiger partial charge in [-0.25, -0.2) is 4.39 Å². The minimum Gasteiger partial charge on any atom is -0.307 e. The van der Waals surface area contributed by atoms with E-state index in [9.17, 15) is 4.39 Å². The van der Waals surface area contributed by atoms with Crippen LogP contribution < -0.4 is 5.32 Å². The first-order valence-electron chi connectivity index (χ1n) is 5.67. The van der Waals surface area contributed by atoms with E-state index in [1.807, 2.05) is 17.8 Å². The maximum atomic E-state index is 13.1. The van der Waals surface area contributed by atoms with Crippen LogP contribution in [-0.4, -0.2) is 18.1 Å². The highest BCUT2D eigenvalue weighted by molar-refractivity contribution is 7.98. The summed E-state index contributed by atoms with van der Waals surface area (Å²) in [5, 5.41) is 3.52. The van der Waals surface area contributed by atoms with Crippen molar-refractivity contribution in [2.45, 2.75) is 32.4 Å². The van der Waals surface area contributed by atoms with Crippen molar-refractivity contribution in [2.24, 2.45) is 0 Å². The number of thioether (sulfide) groups is 1. The van der Waals surface area contributed by atoms with E-state index in [2.05, 4.69) is 25.4 Å². The van der Waals surface area contributed by atoms with Gasteiger partial charge >= 0.3 is 0 Å². The lowest BCUT2D eigenvalue weighted by Gasteiger charge is -2.22. The first-order chi connectivity index (χ1) is 7.67. The first kappa shape index (κ1) is 13.5. The highest BCUT2D eigenvalue weighted by Gasteiger charge is 2.11. The van der Waals surface area contributed by atoms with Crippen molar-refractivity contribution < 1.29 is 4.39 Å². The van der Waals surface area contributed by atoms with Crippen molar-refractivity contribution in [3.63, 3.8) is 0 Å². The fraction of sp³-hybridized carbons (Fsp3) is 0.538. The van der Waals surface area contributed by atoms with Crippen LogP contribution in [0.1, 0.15) is 31.9 Å². The molecule has 0 amide bonds. The summed E-state index contributed by atoms with van der Waals surface area (Å²) >= 11 is 1.84. The molecule has 2 unspecified atom stereocenters. The fourth-order valence-electron chi connectivity index (χ4n) is 1.71. The van der Waals surface area contributed by atoms with E-state index < -0.39 is 0 Å². The van der Waals surface area contributed by atoms with Gasteiger partial charge < -0.3 is 5.32 Å². The Hall–Kier alpha value is -0.540. The Bertz CT molecular complexity index is 317. The van der Waals surface area contributed by atoms with E-state index in [4.69, 9.17) is 0 Å². The fourth-order valence-corrected chi connectivity index (χ4v) is 2.45. The second kappa shape index (κ2) is 6.92. The van der Waals surface area contributed by atoms with Gasteiger partial charge in [-0.15, -0.1) is 0 Å². The van der Waals surface area contributed by atoms with Crippen molar-refractivity contribution in [1.29, 1.82) is 0 Å². The van der Waals surface area contributed by atoms with E-state index >= 15 is 0 Å². The minimum absolute atomic E-state index is 0.163. The van der Waals surface area contributed by atoms with Crippen LogP contribution in [0, 0.1) is 5.82 Å². The monoisotopic (exact) mass is 241 g/mol. The summed E-state index contributed by atoms with van der Waals surface area (Å²) in [7, 11) is 0. The lowest BCUT2D eigenvalue weighted by atomic mass is 10.1. The molecule has 1 aromatic rings.